The van der Waals surface area contributed by atoms with Gasteiger partial charge in [-0.3, -0.25) is 38.4 Å². The van der Waals surface area contributed by atoms with Crippen molar-refractivity contribution in [1.82, 2.24) is 47.2 Å². The summed E-state index contributed by atoms with van der Waals surface area (Å²) in [6.07, 6.45) is 0.799. The fourth-order valence-corrected chi connectivity index (χ4v) is 12.2. The number of methoxy groups -OCH3 is 1. The van der Waals surface area contributed by atoms with Crippen molar-refractivity contribution in [2.24, 2.45) is 17.8 Å². The summed E-state index contributed by atoms with van der Waals surface area (Å²) in [6.45, 7) is 17.1. The minimum Gasteiger partial charge on any atom is -0.404 e. The Kier molecular flexibility index (Phi) is 22.1. The van der Waals surface area contributed by atoms with E-state index in [4.69, 9.17) is 14.1 Å². The molecule has 2 aromatic heterocycles. The Morgan fingerprint density at radius 2 is 1.65 bits per heavy atom. The number of aromatic amines is 1. The summed E-state index contributed by atoms with van der Waals surface area (Å²) in [7, 11) is -0.980. The van der Waals surface area contributed by atoms with E-state index in [1.165, 1.54) is 25.4 Å². The lowest BCUT2D eigenvalue weighted by Gasteiger charge is -2.34. The summed E-state index contributed by atoms with van der Waals surface area (Å²) in [6, 6.07) is 1.88. The highest BCUT2D eigenvalue weighted by Gasteiger charge is 2.41. The molecule has 0 saturated heterocycles. The van der Waals surface area contributed by atoms with Gasteiger partial charge in [-0.25, -0.2) is 4.98 Å². The van der Waals surface area contributed by atoms with Crippen LogP contribution in [0.2, 0.25) is 18.1 Å². The van der Waals surface area contributed by atoms with Crippen molar-refractivity contribution in [3.63, 3.8) is 0 Å². The van der Waals surface area contributed by atoms with Gasteiger partial charge in [-0.15, -0.1) is 11.3 Å². The first-order valence-corrected chi connectivity index (χ1v) is 27.8. The van der Waals surface area contributed by atoms with Gasteiger partial charge in [-0.1, -0.05) is 80.0 Å². The van der Waals surface area contributed by atoms with Gasteiger partial charge in [0.25, 0.3) is 5.91 Å². The molecule has 1 aromatic carbocycles. The molecule has 22 heteroatoms. The number of carbonyl (C=O) groups is 8. The van der Waals surface area contributed by atoms with Crippen molar-refractivity contribution in [2.75, 3.05) is 26.8 Å². The predicted octanol–water partition coefficient (Wildman–Crippen LogP) is 2.69. The Bertz CT molecular complexity index is 2350. The van der Waals surface area contributed by atoms with Crippen LogP contribution in [0.3, 0.4) is 0 Å². The highest BCUT2D eigenvalue weighted by atomic mass is 32.1. The maximum atomic E-state index is 15.1. The number of hydrogen-bond acceptors (Lipinski definition) is 13. The highest BCUT2D eigenvalue weighted by Crippen LogP contribution is 2.34. The third kappa shape index (κ3) is 14.6. The standard InChI is InChI=1S/C49H73N9O11SSi/c1-11-27(7)40(58-47(66)37(23-50-26-59)69-71(14-4,15-5)16-6)42(61)32-22-52-46(65)34(54-48(67)43(62)41(28(8)12-2)57-44(63)29(9)53-38(60)13-3)20-30-21-51-33-19-17-18-31(39(30)33)36-25-70-49(56-36)35(24-68-10)55-45(32)64/h13,17-19,21,25-29,32,34-35,37,40-41,43,51,62H,3,11-12,14-16,20,22-24H2,1-2,4-10H3,(H,50,59)(H,52,65)(H,53,60)(H,54,67)(H,55,64)(H,57,63)(H,58,66)/t27-,28-,29-,32-,34-,35?,37+,40-,41-,43+/m0/s1. The number of Topliss-reactive ketones (excluding diaryl/α,β-unsaturated/α-hetero) is 1. The van der Waals surface area contributed by atoms with Gasteiger partial charge in [0, 0.05) is 48.1 Å². The second kappa shape index (κ2) is 27.1. The van der Waals surface area contributed by atoms with Crippen LogP contribution in [0.5, 0.6) is 0 Å². The van der Waals surface area contributed by atoms with E-state index in [-0.39, 0.29) is 19.6 Å². The largest absolute Gasteiger partial charge is 0.404 e. The fourth-order valence-electron chi connectivity index (χ4n) is 8.56. The number of rotatable bonds is 25. The minimum absolute atomic E-state index is 0.0331. The van der Waals surface area contributed by atoms with Crippen molar-refractivity contribution in [1.29, 1.82) is 0 Å². The lowest BCUT2D eigenvalue weighted by Crippen LogP contribution is -2.60. The molecular formula is C49H73N9O11SSi. The van der Waals surface area contributed by atoms with Crippen molar-refractivity contribution in [3.8, 4) is 11.3 Å². The van der Waals surface area contributed by atoms with Crippen LogP contribution in [0.4, 0.5) is 0 Å². The topological polar surface area (TPSA) is 288 Å². The monoisotopic (exact) mass is 1020 g/mol. The summed E-state index contributed by atoms with van der Waals surface area (Å²) in [4.78, 5) is 118. The summed E-state index contributed by atoms with van der Waals surface area (Å²) in [5, 5.41) is 33.5. The zero-order valence-corrected chi connectivity index (χ0v) is 44.1. The van der Waals surface area contributed by atoms with E-state index in [0.717, 1.165) is 6.08 Å². The number of nitrogens with one attached hydrogen (secondary N) is 8. The van der Waals surface area contributed by atoms with Gasteiger partial charge < -0.3 is 56.5 Å². The Balaban J connectivity index is 1.81. The highest BCUT2D eigenvalue weighted by molar-refractivity contribution is 7.10. The molecule has 0 saturated carbocycles. The second-order valence-corrected chi connectivity index (χ2v) is 23.8. The first-order valence-electron chi connectivity index (χ1n) is 24.4. The lowest BCUT2D eigenvalue weighted by atomic mass is 9.87. The number of thiazole rings is 1. The summed E-state index contributed by atoms with van der Waals surface area (Å²) in [5.41, 5.74) is 2.52. The molecule has 9 N–H and O–H groups in total. The molecule has 4 rings (SSSR count). The Morgan fingerprint density at radius 3 is 2.27 bits per heavy atom. The number of hydrogen-bond donors (Lipinski definition) is 9. The minimum atomic E-state index is -2.44. The Labute approximate surface area is 420 Å². The maximum Gasteiger partial charge on any atom is 0.251 e. The van der Waals surface area contributed by atoms with Crippen LogP contribution in [0, 0.1) is 17.8 Å². The third-order valence-electron chi connectivity index (χ3n) is 13.7. The molecule has 7 amide bonds. The Hall–Kier alpha value is -5.81. The van der Waals surface area contributed by atoms with Crippen LogP contribution in [0.25, 0.3) is 22.2 Å². The number of ketones is 1. The van der Waals surface area contributed by atoms with Gasteiger partial charge in [-0.05, 0) is 54.6 Å². The van der Waals surface area contributed by atoms with Crippen LogP contribution in [-0.4, -0.2) is 134 Å². The van der Waals surface area contributed by atoms with Crippen LogP contribution in [-0.2, 0) is 53.9 Å². The van der Waals surface area contributed by atoms with E-state index in [1.54, 1.807) is 20.0 Å². The number of ether oxygens (including phenoxy) is 1. The quantitative estimate of drug-likeness (QED) is 0.0256. The summed E-state index contributed by atoms with van der Waals surface area (Å²) in [5.74, 6) is -7.89. The molecule has 71 heavy (non-hydrogen) atoms. The number of H-pyrrole nitrogens is 1. The normalized spacial score (nSPS) is 19.4. The first kappa shape index (κ1) is 57.8. The molecule has 0 spiro atoms. The molecule has 10 atom stereocenters. The van der Waals surface area contributed by atoms with Gasteiger partial charge in [0.1, 0.15) is 35.2 Å². The first-order chi connectivity index (χ1) is 33.9. The van der Waals surface area contributed by atoms with Gasteiger partial charge in [0.15, 0.2) is 20.2 Å². The molecule has 390 valence electrons. The number of benzene rings is 1. The van der Waals surface area contributed by atoms with Gasteiger partial charge >= 0.3 is 0 Å². The number of nitrogens with zero attached hydrogens (tertiary/aromatic N) is 1. The van der Waals surface area contributed by atoms with E-state index in [2.05, 4.69) is 48.8 Å². The van der Waals surface area contributed by atoms with E-state index in [1.807, 2.05) is 58.2 Å². The van der Waals surface area contributed by atoms with Crippen LogP contribution < -0.4 is 37.2 Å². The zero-order valence-electron chi connectivity index (χ0n) is 42.3. The van der Waals surface area contributed by atoms with Gasteiger partial charge in [-0.2, -0.15) is 0 Å². The number of aliphatic hydroxyl groups is 1. The number of carbonyl (C=O) groups excluding carboxylic acids is 8. The molecule has 3 heterocycles. The maximum absolute atomic E-state index is 15.1. The summed E-state index contributed by atoms with van der Waals surface area (Å²) < 4.78 is 12.1. The second-order valence-electron chi connectivity index (χ2n) is 18.1. The molecule has 0 aliphatic carbocycles. The molecule has 1 aliphatic heterocycles. The third-order valence-corrected chi connectivity index (χ3v) is 19.3. The zero-order chi connectivity index (χ0) is 52.6. The van der Waals surface area contributed by atoms with Crippen molar-refractivity contribution in [3.05, 3.63) is 53.0 Å². The molecule has 0 fully saturated rings. The summed E-state index contributed by atoms with van der Waals surface area (Å²) >= 11 is 1.27. The molecule has 0 radical (unpaired) electrons. The number of aliphatic hydroxyl groups excluding tert-OH is 1. The number of amides is 7. The molecule has 1 unspecified atom stereocenters. The number of fused-ring (bicyclic) bond motifs is 3. The predicted molar refractivity (Wildman–Crippen MR) is 272 cm³/mol. The van der Waals surface area contributed by atoms with E-state index < -0.39 is 116 Å². The average Bonchev–Trinajstić information content (AvgIpc) is 4.04. The van der Waals surface area contributed by atoms with Crippen LogP contribution in [0.15, 0.2) is 42.4 Å². The molecule has 2 bridgehead atoms. The van der Waals surface area contributed by atoms with Crippen LogP contribution >= 0.6 is 11.3 Å². The smallest absolute Gasteiger partial charge is 0.251 e. The molecular weight excluding hydrogens is 951 g/mol. The average molecular weight is 1020 g/mol. The van der Waals surface area contributed by atoms with E-state index in [9.17, 15) is 38.7 Å². The van der Waals surface area contributed by atoms with Crippen molar-refractivity contribution in [2.45, 2.75) is 135 Å². The molecule has 20 nitrogen and oxygen atoms in total. The van der Waals surface area contributed by atoms with Crippen LogP contribution in [0.1, 0.15) is 84.8 Å². The van der Waals surface area contributed by atoms with Gasteiger partial charge in [0.05, 0.1) is 30.9 Å². The SMILES string of the molecule is C=CC(=O)N[C@@H](C)C(=O)N[C@@H]([C@@H](C)CC)[C@@H](O)C(=O)N[C@H]1Cc2c[nH]c3cccc(c23)-c2csc(n2)C(COC)NC(=O)[C@H](C(=O)[C@@H](NC(=O)[C@@H](CNC=O)O[Si](CC)(CC)CC)[C@@H](C)CC)CNC1=O. The Morgan fingerprint density at radius 1 is 0.958 bits per heavy atom. The fraction of sp³-hybridized carbons (Fsp3) is 0.571. The lowest BCUT2D eigenvalue weighted by molar-refractivity contribution is -0.141. The van der Waals surface area contributed by atoms with Crippen molar-refractivity contribution < 1.29 is 52.6 Å². The number of aromatic nitrogens is 2. The van der Waals surface area contributed by atoms with Gasteiger partial charge in [0.2, 0.25) is 35.9 Å². The molecule has 3 aromatic rings. The van der Waals surface area contributed by atoms with E-state index in [0.29, 0.717) is 70.1 Å². The molecule has 1 aliphatic rings. The van der Waals surface area contributed by atoms with Crippen molar-refractivity contribution >= 4 is 78.2 Å². The van der Waals surface area contributed by atoms with E-state index >= 15 is 4.79 Å².